The molecule has 0 radical (unpaired) electrons. The van der Waals surface area contributed by atoms with Crippen LogP contribution in [0.15, 0.2) is 36.9 Å². The molecule has 7 heteroatoms. The summed E-state index contributed by atoms with van der Waals surface area (Å²) in [5.41, 5.74) is -0.504. The fourth-order valence-electron chi connectivity index (χ4n) is 2.00. The second kappa shape index (κ2) is 7.11. The molecule has 0 aliphatic carbocycles. The zero-order valence-electron chi connectivity index (χ0n) is 12.0. The van der Waals surface area contributed by atoms with Crippen LogP contribution in [0.5, 0.6) is 0 Å². The number of hydrogen-bond donors (Lipinski definition) is 0. The minimum atomic E-state index is -4.47. The number of allylic oxidation sites excluding steroid dienone is 1. The molecule has 0 fully saturated rings. The van der Waals surface area contributed by atoms with Crippen LogP contribution in [-0.2, 0) is 25.2 Å². The molecule has 0 spiro atoms. The van der Waals surface area contributed by atoms with E-state index in [0.717, 1.165) is 26.4 Å². The van der Waals surface area contributed by atoms with Crippen molar-refractivity contribution in [3.8, 4) is 0 Å². The van der Waals surface area contributed by atoms with E-state index >= 15 is 0 Å². The first-order valence-electron chi connectivity index (χ1n) is 6.21. The molecule has 22 heavy (non-hydrogen) atoms. The minimum absolute atomic E-state index is 0.323. The molecule has 0 heterocycles. The van der Waals surface area contributed by atoms with Crippen molar-refractivity contribution in [2.24, 2.45) is 5.92 Å². The van der Waals surface area contributed by atoms with Gasteiger partial charge in [0.25, 0.3) is 0 Å². The van der Waals surface area contributed by atoms with Gasteiger partial charge in [-0.2, -0.15) is 13.2 Å². The van der Waals surface area contributed by atoms with Gasteiger partial charge in [-0.1, -0.05) is 18.2 Å². The van der Waals surface area contributed by atoms with Gasteiger partial charge in [0.05, 0.1) is 19.8 Å². The summed E-state index contributed by atoms with van der Waals surface area (Å²) in [4.78, 5) is 23.5. The van der Waals surface area contributed by atoms with E-state index in [1.807, 2.05) is 0 Å². The highest BCUT2D eigenvalue weighted by Crippen LogP contribution is 2.33. The normalized spacial score (nSPS) is 12.6. The maximum atomic E-state index is 12.6. The largest absolute Gasteiger partial charge is 0.468 e. The first-order valence-corrected chi connectivity index (χ1v) is 6.21. The predicted molar refractivity (Wildman–Crippen MR) is 71.9 cm³/mol. The third-order valence-electron chi connectivity index (χ3n) is 3.15. The van der Waals surface area contributed by atoms with E-state index in [4.69, 9.17) is 0 Å². The van der Waals surface area contributed by atoms with Crippen LogP contribution in [0.1, 0.15) is 17.0 Å². The Kier molecular flexibility index (Phi) is 5.73. The SMILES string of the molecule is C=C[C@H](c1ccc(C(F)(F)F)cc1)C(C(=O)OC)C(=O)OC. The quantitative estimate of drug-likeness (QED) is 0.476. The molecule has 0 saturated carbocycles. The molecule has 0 saturated heterocycles. The van der Waals surface area contributed by atoms with E-state index in [1.54, 1.807) is 0 Å². The van der Waals surface area contributed by atoms with Gasteiger partial charge in [0.15, 0.2) is 5.92 Å². The average Bonchev–Trinajstić information content (AvgIpc) is 2.50. The Labute approximate surface area is 125 Å². The highest BCUT2D eigenvalue weighted by molar-refractivity contribution is 5.96. The molecule has 0 N–H and O–H groups in total. The van der Waals surface area contributed by atoms with Crippen LogP contribution < -0.4 is 0 Å². The summed E-state index contributed by atoms with van der Waals surface area (Å²) in [7, 11) is 2.20. The highest BCUT2D eigenvalue weighted by atomic mass is 19.4. The van der Waals surface area contributed by atoms with Gasteiger partial charge in [0.2, 0.25) is 0 Å². The maximum Gasteiger partial charge on any atom is 0.416 e. The van der Waals surface area contributed by atoms with Gasteiger partial charge < -0.3 is 9.47 Å². The monoisotopic (exact) mass is 316 g/mol. The molecule has 0 unspecified atom stereocenters. The summed E-state index contributed by atoms with van der Waals surface area (Å²) in [5, 5.41) is 0. The van der Waals surface area contributed by atoms with Crippen molar-refractivity contribution in [1.29, 1.82) is 0 Å². The number of benzene rings is 1. The number of rotatable bonds is 5. The summed E-state index contributed by atoms with van der Waals surface area (Å²) in [6.45, 7) is 3.53. The molecule has 0 bridgehead atoms. The molecule has 1 atom stereocenters. The van der Waals surface area contributed by atoms with Crippen molar-refractivity contribution in [2.75, 3.05) is 14.2 Å². The molecule has 4 nitrogen and oxygen atoms in total. The molecule has 120 valence electrons. The summed E-state index contributed by atoms with van der Waals surface area (Å²) in [6, 6.07) is 4.12. The van der Waals surface area contributed by atoms with Crippen LogP contribution >= 0.6 is 0 Å². The molecule has 0 amide bonds. The lowest BCUT2D eigenvalue weighted by atomic mass is 9.85. The zero-order chi connectivity index (χ0) is 16.9. The van der Waals surface area contributed by atoms with Crippen LogP contribution in [0.4, 0.5) is 13.2 Å². The Hall–Kier alpha value is -2.31. The lowest BCUT2D eigenvalue weighted by molar-refractivity contribution is -0.159. The Balaban J connectivity index is 3.20. The van der Waals surface area contributed by atoms with Gasteiger partial charge in [0, 0.05) is 5.92 Å². The standard InChI is InChI=1S/C15H15F3O4/c1-4-11(12(13(19)21-2)14(20)22-3)9-5-7-10(8-6-9)15(16,17)18/h4-8,11-12H,1H2,2-3H3/t11-/m1/s1. The van der Waals surface area contributed by atoms with Crippen molar-refractivity contribution < 1.29 is 32.2 Å². The summed E-state index contributed by atoms with van der Waals surface area (Å²) in [6.07, 6.45) is -3.17. The van der Waals surface area contributed by atoms with E-state index in [0.29, 0.717) is 5.56 Å². The molecule has 1 aromatic rings. The first-order chi connectivity index (χ1) is 10.3. The molecule has 0 aliphatic rings. The predicted octanol–water partition coefficient (Wildman–Crippen LogP) is 2.94. The number of carbonyl (C=O) groups is 2. The van der Waals surface area contributed by atoms with E-state index in [2.05, 4.69) is 16.1 Å². The fraction of sp³-hybridized carbons (Fsp3) is 0.333. The molecule has 0 aliphatic heterocycles. The number of esters is 2. The van der Waals surface area contributed by atoms with Crippen molar-refractivity contribution in [1.82, 2.24) is 0 Å². The number of alkyl halides is 3. The number of methoxy groups -OCH3 is 2. The lowest BCUT2D eigenvalue weighted by Gasteiger charge is -2.21. The van der Waals surface area contributed by atoms with E-state index in [1.165, 1.54) is 18.2 Å². The lowest BCUT2D eigenvalue weighted by Crippen LogP contribution is -2.31. The second-order valence-electron chi connectivity index (χ2n) is 4.41. The van der Waals surface area contributed by atoms with Crippen LogP contribution in [0.3, 0.4) is 0 Å². The van der Waals surface area contributed by atoms with E-state index in [9.17, 15) is 22.8 Å². The topological polar surface area (TPSA) is 52.6 Å². The second-order valence-corrected chi connectivity index (χ2v) is 4.41. The third kappa shape index (κ3) is 3.87. The molecule has 1 rings (SSSR count). The zero-order valence-corrected chi connectivity index (χ0v) is 12.0. The molecule has 1 aromatic carbocycles. The van der Waals surface area contributed by atoms with Crippen molar-refractivity contribution in [2.45, 2.75) is 12.1 Å². The van der Waals surface area contributed by atoms with Crippen LogP contribution in [0.2, 0.25) is 0 Å². The Morgan fingerprint density at radius 1 is 1.09 bits per heavy atom. The van der Waals surface area contributed by atoms with E-state index in [-0.39, 0.29) is 0 Å². The molecule has 0 aromatic heterocycles. The summed E-state index contributed by atoms with van der Waals surface area (Å²) < 4.78 is 46.8. The van der Waals surface area contributed by atoms with Gasteiger partial charge in [-0.05, 0) is 17.7 Å². The first kappa shape index (κ1) is 17.7. The molecular weight excluding hydrogens is 301 g/mol. The third-order valence-corrected chi connectivity index (χ3v) is 3.15. The Morgan fingerprint density at radius 2 is 1.55 bits per heavy atom. The average molecular weight is 316 g/mol. The fourth-order valence-corrected chi connectivity index (χ4v) is 2.00. The van der Waals surface area contributed by atoms with Crippen molar-refractivity contribution >= 4 is 11.9 Å². The Bertz CT molecular complexity index is 533. The summed E-state index contributed by atoms with van der Waals surface area (Å²) >= 11 is 0. The number of halogens is 3. The van der Waals surface area contributed by atoms with Gasteiger partial charge >= 0.3 is 18.1 Å². The van der Waals surface area contributed by atoms with Gasteiger partial charge in [-0.3, -0.25) is 9.59 Å². The maximum absolute atomic E-state index is 12.6. The smallest absolute Gasteiger partial charge is 0.416 e. The van der Waals surface area contributed by atoms with Crippen molar-refractivity contribution in [3.05, 3.63) is 48.0 Å². The number of carbonyl (C=O) groups excluding carboxylic acids is 2. The molecular formula is C15H15F3O4. The minimum Gasteiger partial charge on any atom is -0.468 e. The van der Waals surface area contributed by atoms with Crippen LogP contribution in [0.25, 0.3) is 0 Å². The number of hydrogen-bond acceptors (Lipinski definition) is 4. The van der Waals surface area contributed by atoms with Gasteiger partial charge in [0.1, 0.15) is 0 Å². The van der Waals surface area contributed by atoms with Gasteiger partial charge in [-0.25, -0.2) is 0 Å². The van der Waals surface area contributed by atoms with Crippen LogP contribution in [0, 0.1) is 5.92 Å². The Morgan fingerprint density at radius 3 is 1.86 bits per heavy atom. The summed E-state index contributed by atoms with van der Waals surface area (Å²) in [5.74, 6) is -3.89. The van der Waals surface area contributed by atoms with Gasteiger partial charge in [-0.15, -0.1) is 6.58 Å². The number of ether oxygens (including phenoxy) is 2. The van der Waals surface area contributed by atoms with E-state index < -0.39 is 35.5 Å². The van der Waals surface area contributed by atoms with Crippen LogP contribution in [-0.4, -0.2) is 26.2 Å². The van der Waals surface area contributed by atoms with Crippen molar-refractivity contribution in [3.63, 3.8) is 0 Å². The highest BCUT2D eigenvalue weighted by Gasteiger charge is 2.37.